The number of nitrogens with zero attached hydrogens (tertiary/aromatic N) is 4. The maximum atomic E-state index is 9.50. The van der Waals surface area contributed by atoms with Crippen molar-refractivity contribution in [3.8, 4) is 0 Å². The van der Waals surface area contributed by atoms with Gasteiger partial charge >= 0.3 is 0 Å². The first-order chi connectivity index (χ1) is 11.7. The van der Waals surface area contributed by atoms with Gasteiger partial charge in [0.1, 0.15) is 18.0 Å². The second-order valence-electron chi connectivity index (χ2n) is 6.35. The van der Waals surface area contributed by atoms with Crippen LogP contribution in [-0.2, 0) is 0 Å². The zero-order valence-electron chi connectivity index (χ0n) is 14.2. The summed E-state index contributed by atoms with van der Waals surface area (Å²) in [5.74, 6) is 1.71. The predicted molar refractivity (Wildman–Crippen MR) is 98.7 cm³/mol. The molecule has 0 spiro atoms. The molecule has 0 bridgehead atoms. The molecular formula is C17H25N5OS. The molecule has 2 aromatic rings. The van der Waals surface area contributed by atoms with E-state index in [9.17, 15) is 5.11 Å². The van der Waals surface area contributed by atoms with Crippen molar-refractivity contribution < 1.29 is 5.11 Å². The second kappa shape index (κ2) is 7.92. The minimum Gasteiger partial charge on any atom is -0.394 e. The van der Waals surface area contributed by atoms with Gasteiger partial charge in [-0.3, -0.25) is 0 Å². The molecule has 3 heterocycles. The fourth-order valence-corrected chi connectivity index (χ4v) is 3.90. The van der Waals surface area contributed by atoms with E-state index in [4.69, 9.17) is 0 Å². The number of hydrogen-bond acceptors (Lipinski definition) is 7. The van der Waals surface area contributed by atoms with E-state index in [1.807, 2.05) is 6.07 Å². The molecule has 2 atom stereocenters. The molecule has 0 saturated carbocycles. The maximum absolute atomic E-state index is 9.50. The summed E-state index contributed by atoms with van der Waals surface area (Å²) in [5, 5.41) is 17.2. The van der Waals surface area contributed by atoms with Crippen LogP contribution in [-0.4, -0.2) is 59.8 Å². The van der Waals surface area contributed by atoms with Crippen molar-refractivity contribution in [2.75, 3.05) is 44.0 Å². The van der Waals surface area contributed by atoms with E-state index < -0.39 is 0 Å². The zero-order chi connectivity index (χ0) is 16.9. The van der Waals surface area contributed by atoms with E-state index in [1.54, 1.807) is 17.7 Å². The molecule has 130 valence electrons. The van der Waals surface area contributed by atoms with Gasteiger partial charge in [0, 0.05) is 19.2 Å². The van der Waals surface area contributed by atoms with Crippen LogP contribution in [0.2, 0.25) is 0 Å². The van der Waals surface area contributed by atoms with Crippen molar-refractivity contribution in [2.45, 2.75) is 24.9 Å². The summed E-state index contributed by atoms with van der Waals surface area (Å²) in [6.45, 7) is 1.90. The minimum atomic E-state index is 0.174. The van der Waals surface area contributed by atoms with Crippen LogP contribution in [0.5, 0.6) is 0 Å². The van der Waals surface area contributed by atoms with Gasteiger partial charge in [-0.1, -0.05) is 0 Å². The van der Waals surface area contributed by atoms with Crippen LogP contribution in [0.3, 0.4) is 0 Å². The van der Waals surface area contributed by atoms with Gasteiger partial charge in [0.25, 0.3) is 0 Å². The van der Waals surface area contributed by atoms with E-state index in [0.29, 0.717) is 6.04 Å². The number of aliphatic hydroxyl groups is 1. The van der Waals surface area contributed by atoms with Gasteiger partial charge in [0.05, 0.1) is 18.7 Å². The first-order valence-corrected chi connectivity index (χ1v) is 9.25. The summed E-state index contributed by atoms with van der Waals surface area (Å²) in [7, 11) is 4.18. The smallest absolute Gasteiger partial charge is 0.134 e. The molecule has 2 unspecified atom stereocenters. The van der Waals surface area contributed by atoms with Crippen molar-refractivity contribution in [1.29, 1.82) is 0 Å². The first kappa shape index (κ1) is 17.1. The van der Waals surface area contributed by atoms with Gasteiger partial charge < -0.3 is 20.2 Å². The molecular weight excluding hydrogens is 322 g/mol. The summed E-state index contributed by atoms with van der Waals surface area (Å²) in [6.07, 6.45) is 3.71. The lowest BCUT2D eigenvalue weighted by atomic mass is 10.1. The Kier molecular flexibility index (Phi) is 5.65. The Morgan fingerprint density at radius 2 is 2.33 bits per heavy atom. The SMILES string of the molecule is CN(C)C(CNc1cc(N2CCCC2CO)ncn1)c1ccsc1. The van der Waals surface area contributed by atoms with Crippen molar-refractivity contribution in [2.24, 2.45) is 0 Å². The lowest BCUT2D eigenvalue weighted by molar-refractivity contribution is 0.266. The highest BCUT2D eigenvalue weighted by atomic mass is 32.1. The Bertz CT molecular complexity index is 634. The number of anilines is 2. The highest BCUT2D eigenvalue weighted by Crippen LogP contribution is 2.25. The van der Waals surface area contributed by atoms with Gasteiger partial charge in [-0.15, -0.1) is 0 Å². The molecule has 1 saturated heterocycles. The number of likely N-dealkylation sites (N-methyl/N-ethyl adjacent to an activating group) is 1. The third-order valence-corrected chi connectivity index (χ3v) is 5.26. The van der Waals surface area contributed by atoms with Crippen LogP contribution in [0.15, 0.2) is 29.2 Å². The summed E-state index contributed by atoms with van der Waals surface area (Å²) < 4.78 is 0. The van der Waals surface area contributed by atoms with Crippen molar-refractivity contribution >= 4 is 23.0 Å². The number of thiophene rings is 1. The molecule has 2 aromatic heterocycles. The fraction of sp³-hybridized carbons (Fsp3) is 0.529. The van der Waals surface area contributed by atoms with Gasteiger partial charge in [-0.25, -0.2) is 9.97 Å². The Hall–Kier alpha value is -1.70. The molecule has 6 nitrogen and oxygen atoms in total. The van der Waals surface area contributed by atoms with E-state index in [1.165, 1.54) is 5.56 Å². The molecule has 0 radical (unpaired) electrons. The average molecular weight is 347 g/mol. The largest absolute Gasteiger partial charge is 0.394 e. The standard InChI is InChI=1S/C17H25N5OS/c1-21(2)15(13-5-7-24-11-13)9-18-16-8-17(20-12-19-16)22-6-3-4-14(22)10-23/h5,7-8,11-12,14-15,23H,3-4,6,9-10H2,1-2H3,(H,18,19,20). The highest BCUT2D eigenvalue weighted by Gasteiger charge is 2.25. The van der Waals surface area contributed by atoms with Gasteiger partial charge in [0.2, 0.25) is 0 Å². The van der Waals surface area contributed by atoms with Gasteiger partial charge in [-0.2, -0.15) is 11.3 Å². The van der Waals surface area contributed by atoms with Crippen LogP contribution in [0.25, 0.3) is 0 Å². The molecule has 7 heteroatoms. The number of nitrogens with one attached hydrogen (secondary N) is 1. The van der Waals surface area contributed by atoms with E-state index in [-0.39, 0.29) is 12.6 Å². The van der Waals surface area contributed by atoms with E-state index in [0.717, 1.165) is 37.6 Å². The Labute approximate surface area is 147 Å². The van der Waals surface area contributed by atoms with Crippen LogP contribution in [0.4, 0.5) is 11.6 Å². The Balaban J connectivity index is 1.68. The number of aromatic nitrogens is 2. The highest BCUT2D eigenvalue weighted by molar-refractivity contribution is 7.07. The molecule has 1 fully saturated rings. The van der Waals surface area contributed by atoms with Gasteiger partial charge in [0.15, 0.2) is 0 Å². The molecule has 0 amide bonds. The minimum absolute atomic E-state index is 0.174. The monoisotopic (exact) mass is 347 g/mol. The van der Waals surface area contributed by atoms with E-state index in [2.05, 4.69) is 56.0 Å². The zero-order valence-corrected chi connectivity index (χ0v) is 15.0. The quantitative estimate of drug-likeness (QED) is 0.801. The topological polar surface area (TPSA) is 64.5 Å². The normalized spacial score (nSPS) is 19.0. The lowest BCUT2D eigenvalue weighted by Crippen LogP contribution is -2.32. The van der Waals surface area contributed by atoms with E-state index >= 15 is 0 Å². The molecule has 1 aliphatic heterocycles. The fourth-order valence-electron chi connectivity index (χ4n) is 3.19. The molecule has 24 heavy (non-hydrogen) atoms. The summed E-state index contributed by atoms with van der Waals surface area (Å²) in [5.41, 5.74) is 1.31. The van der Waals surface area contributed by atoms with Crippen LogP contribution in [0.1, 0.15) is 24.4 Å². The van der Waals surface area contributed by atoms with Crippen molar-refractivity contribution in [3.63, 3.8) is 0 Å². The second-order valence-corrected chi connectivity index (χ2v) is 7.13. The predicted octanol–water partition coefficient (Wildman–Crippen LogP) is 2.21. The third-order valence-electron chi connectivity index (χ3n) is 4.56. The Morgan fingerprint density at radius 3 is 3.04 bits per heavy atom. The van der Waals surface area contributed by atoms with Crippen LogP contribution in [0, 0.1) is 0 Å². The van der Waals surface area contributed by atoms with Crippen LogP contribution >= 0.6 is 11.3 Å². The molecule has 0 aromatic carbocycles. The number of rotatable bonds is 7. The molecule has 3 rings (SSSR count). The Morgan fingerprint density at radius 1 is 1.46 bits per heavy atom. The van der Waals surface area contributed by atoms with Crippen LogP contribution < -0.4 is 10.2 Å². The maximum Gasteiger partial charge on any atom is 0.134 e. The number of aliphatic hydroxyl groups excluding tert-OH is 1. The molecule has 2 N–H and O–H groups in total. The third kappa shape index (κ3) is 3.85. The molecule has 0 aliphatic carbocycles. The average Bonchev–Trinajstić information content (AvgIpc) is 3.26. The summed E-state index contributed by atoms with van der Waals surface area (Å²) in [6, 6.07) is 4.62. The summed E-state index contributed by atoms with van der Waals surface area (Å²) >= 11 is 1.72. The lowest BCUT2D eigenvalue weighted by Gasteiger charge is -2.26. The van der Waals surface area contributed by atoms with Crippen molar-refractivity contribution in [1.82, 2.24) is 14.9 Å². The number of hydrogen-bond donors (Lipinski definition) is 2. The first-order valence-electron chi connectivity index (χ1n) is 8.31. The molecule has 1 aliphatic rings. The van der Waals surface area contributed by atoms with Crippen molar-refractivity contribution in [3.05, 3.63) is 34.8 Å². The van der Waals surface area contributed by atoms with Gasteiger partial charge in [-0.05, 0) is 49.3 Å². The summed E-state index contributed by atoms with van der Waals surface area (Å²) in [4.78, 5) is 13.1.